The van der Waals surface area contributed by atoms with E-state index in [1.165, 1.54) is 5.56 Å². The van der Waals surface area contributed by atoms with Crippen molar-refractivity contribution in [1.29, 1.82) is 0 Å². The Morgan fingerprint density at radius 1 is 1.22 bits per heavy atom. The molecule has 1 saturated carbocycles. The molecule has 2 aliphatic rings. The maximum Gasteiger partial charge on any atom is 0.314 e. The number of carboxylic acids is 1. The van der Waals surface area contributed by atoms with Gasteiger partial charge in [0, 0.05) is 13.2 Å². The summed E-state index contributed by atoms with van der Waals surface area (Å²) < 4.78 is 5.39. The molecule has 2 fully saturated rings. The molecule has 1 aromatic carbocycles. The van der Waals surface area contributed by atoms with Crippen LogP contribution in [0.4, 0.5) is 0 Å². The van der Waals surface area contributed by atoms with Gasteiger partial charge in [-0.25, -0.2) is 0 Å². The highest BCUT2D eigenvalue weighted by Crippen LogP contribution is 2.51. The first kappa shape index (κ1) is 11.7. The van der Waals surface area contributed by atoms with Crippen LogP contribution >= 0.6 is 0 Å². The summed E-state index contributed by atoms with van der Waals surface area (Å²) in [6.07, 6.45) is 3.57. The van der Waals surface area contributed by atoms with Gasteiger partial charge in [-0.2, -0.15) is 0 Å². The molecule has 18 heavy (non-hydrogen) atoms. The van der Waals surface area contributed by atoms with Crippen molar-refractivity contribution in [3.63, 3.8) is 0 Å². The highest BCUT2D eigenvalue weighted by Gasteiger charge is 2.53. The molecule has 0 aromatic heterocycles. The van der Waals surface area contributed by atoms with Gasteiger partial charge >= 0.3 is 5.97 Å². The molecule has 1 aromatic rings. The molecule has 0 spiro atoms. The van der Waals surface area contributed by atoms with Crippen LogP contribution in [-0.2, 0) is 14.9 Å². The first-order valence-electron chi connectivity index (χ1n) is 6.64. The number of carbonyl (C=O) groups is 1. The Labute approximate surface area is 107 Å². The second kappa shape index (κ2) is 4.39. The predicted molar refractivity (Wildman–Crippen MR) is 67.8 cm³/mol. The molecule has 0 atom stereocenters. The van der Waals surface area contributed by atoms with Crippen molar-refractivity contribution in [2.45, 2.75) is 37.0 Å². The number of hydrogen-bond acceptors (Lipinski definition) is 2. The number of aliphatic carboxylic acids is 1. The molecule has 0 bridgehead atoms. The van der Waals surface area contributed by atoms with E-state index in [2.05, 4.69) is 6.07 Å². The third-order valence-electron chi connectivity index (χ3n) is 4.30. The Morgan fingerprint density at radius 3 is 2.50 bits per heavy atom. The minimum Gasteiger partial charge on any atom is -0.481 e. The van der Waals surface area contributed by atoms with E-state index in [0.29, 0.717) is 5.92 Å². The molecule has 0 unspecified atom stereocenters. The monoisotopic (exact) mass is 246 g/mol. The van der Waals surface area contributed by atoms with Crippen LogP contribution in [0.25, 0.3) is 0 Å². The Morgan fingerprint density at radius 2 is 1.89 bits per heavy atom. The van der Waals surface area contributed by atoms with E-state index in [1.807, 2.05) is 18.2 Å². The summed E-state index contributed by atoms with van der Waals surface area (Å²) >= 11 is 0. The smallest absolute Gasteiger partial charge is 0.314 e. The minimum absolute atomic E-state index is 0.465. The lowest BCUT2D eigenvalue weighted by atomic mass is 9.82. The third-order valence-corrected chi connectivity index (χ3v) is 4.30. The van der Waals surface area contributed by atoms with Gasteiger partial charge < -0.3 is 9.84 Å². The first-order valence-corrected chi connectivity index (χ1v) is 6.64. The van der Waals surface area contributed by atoms with E-state index in [0.717, 1.165) is 44.5 Å². The van der Waals surface area contributed by atoms with Crippen molar-refractivity contribution in [3.05, 3.63) is 35.4 Å². The standard InChI is InChI=1S/C15H18O3/c16-14(17)15(7-8-15)13-4-2-1-3-12(13)11-5-9-18-10-6-11/h1-4,11H,5-10H2,(H,16,17). The minimum atomic E-state index is -0.665. The van der Waals surface area contributed by atoms with Gasteiger partial charge in [-0.1, -0.05) is 24.3 Å². The second-order valence-corrected chi connectivity index (χ2v) is 5.36. The maximum absolute atomic E-state index is 11.5. The average Bonchev–Trinajstić information content (AvgIpc) is 3.21. The van der Waals surface area contributed by atoms with Crippen LogP contribution in [0.3, 0.4) is 0 Å². The highest BCUT2D eigenvalue weighted by atomic mass is 16.5. The zero-order valence-corrected chi connectivity index (χ0v) is 10.4. The van der Waals surface area contributed by atoms with E-state index in [9.17, 15) is 9.90 Å². The fourth-order valence-corrected chi connectivity index (χ4v) is 3.02. The lowest BCUT2D eigenvalue weighted by Gasteiger charge is -2.26. The Bertz CT molecular complexity index is 457. The van der Waals surface area contributed by atoms with Crippen molar-refractivity contribution in [1.82, 2.24) is 0 Å². The second-order valence-electron chi connectivity index (χ2n) is 5.36. The van der Waals surface area contributed by atoms with Gasteiger partial charge in [-0.3, -0.25) is 4.79 Å². The van der Waals surface area contributed by atoms with Crippen molar-refractivity contribution in [2.75, 3.05) is 13.2 Å². The van der Waals surface area contributed by atoms with Gasteiger partial charge in [0.2, 0.25) is 0 Å². The maximum atomic E-state index is 11.5. The molecule has 0 amide bonds. The first-order chi connectivity index (χ1) is 8.74. The molecule has 3 heteroatoms. The van der Waals surface area contributed by atoms with Crippen LogP contribution in [0.15, 0.2) is 24.3 Å². The number of carboxylic acid groups (broad SMARTS) is 1. The van der Waals surface area contributed by atoms with E-state index in [-0.39, 0.29) is 0 Å². The summed E-state index contributed by atoms with van der Waals surface area (Å²) in [7, 11) is 0. The lowest BCUT2D eigenvalue weighted by molar-refractivity contribution is -0.140. The normalized spacial score (nSPS) is 22.7. The molecule has 3 rings (SSSR count). The van der Waals surface area contributed by atoms with Crippen LogP contribution in [0.5, 0.6) is 0 Å². The van der Waals surface area contributed by atoms with Gasteiger partial charge in [0.05, 0.1) is 5.41 Å². The number of hydrogen-bond donors (Lipinski definition) is 1. The number of rotatable bonds is 3. The Hall–Kier alpha value is -1.35. The van der Waals surface area contributed by atoms with Gasteiger partial charge in [0.25, 0.3) is 0 Å². The molecule has 96 valence electrons. The predicted octanol–water partition coefficient (Wildman–Crippen LogP) is 2.70. The van der Waals surface area contributed by atoms with Crippen molar-refractivity contribution >= 4 is 5.97 Å². The fourth-order valence-electron chi connectivity index (χ4n) is 3.02. The van der Waals surface area contributed by atoms with Gasteiger partial charge in [0.15, 0.2) is 0 Å². The van der Waals surface area contributed by atoms with E-state index in [1.54, 1.807) is 0 Å². The molecule has 0 radical (unpaired) electrons. The fraction of sp³-hybridized carbons (Fsp3) is 0.533. The summed E-state index contributed by atoms with van der Waals surface area (Å²) in [5, 5.41) is 9.46. The van der Waals surface area contributed by atoms with E-state index >= 15 is 0 Å². The van der Waals surface area contributed by atoms with Crippen LogP contribution in [0.2, 0.25) is 0 Å². The molecule has 1 aliphatic heterocycles. The number of ether oxygens (including phenoxy) is 1. The van der Waals surface area contributed by atoms with Gasteiger partial charge in [0.1, 0.15) is 0 Å². The Balaban J connectivity index is 1.97. The lowest BCUT2D eigenvalue weighted by Crippen LogP contribution is -2.24. The summed E-state index contributed by atoms with van der Waals surface area (Å²) in [4.78, 5) is 11.5. The molecular formula is C15H18O3. The molecule has 1 N–H and O–H groups in total. The van der Waals surface area contributed by atoms with Crippen molar-refractivity contribution < 1.29 is 14.6 Å². The summed E-state index contributed by atoms with van der Waals surface area (Å²) in [6, 6.07) is 8.09. The summed E-state index contributed by atoms with van der Waals surface area (Å²) in [6.45, 7) is 1.58. The van der Waals surface area contributed by atoms with Crippen molar-refractivity contribution in [3.8, 4) is 0 Å². The third kappa shape index (κ3) is 1.83. The quantitative estimate of drug-likeness (QED) is 0.892. The average molecular weight is 246 g/mol. The summed E-state index contributed by atoms with van der Waals surface area (Å²) in [5.74, 6) is -0.200. The highest BCUT2D eigenvalue weighted by molar-refractivity contribution is 5.85. The van der Waals surface area contributed by atoms with E-state index in [4.69, 9.17) is 4.74 Å². The topological polar surface area (TPSA) is 46.5 Å². The number of benzene rings is 1. The largest absolute Gasteiger partial charge is 0.481 e. The van der Waals surface area contributed by atoms with Gasteiger partial charge in [-0.15, -0.1) is 0 Å². The van der Waals surface area contributed by atoms with Crippen molar-refractivity contribution in [2.24, 2.45) is 0 Å². The zero-order valence-electron chi connectivity index (χ0n) is 10.4. The van der Waals surface area contributed by atoms with Crippen LogP contribution < -0.4 is 0 Å². The van der Waals surface area contributed by atoms with E-state index < -0.39 is 11.4 Å². The zero-order chi connectivity index (χ0) is 12.6. The van der Waals surface area contributed by atoms with Crippen LogP contribution in [-0.4, -0.2) is 24.3 Å². The van der Waals surface area contributed by atoms with Crippen LogP contribution in [0.1, 0.15) is 42.7 Å². The molecular weight excluding hydrogens is 228 g/mol. The molecule has 1 aliphatic carbocycles. The summed E-state index contributed by atoms with van der Waals surface area (Å²) in [5.41, 5.74) is 1.69. The molecule has 1 heterocycles. The Kier molecular flexibility index (Phi) is 2.86. The molecule has 1 saturated heterocycles. The SMILES string of the molecule is O=C(O)C1(c2ccccc2C2CCOCC2)CC1. The van der Waals surface area contributed by atoms with Gasteiger partial charge in [-0.05, 0) is 42.7 Å². The molecule has 3 nitrogen and oxygen atoms in total. The van der Waals surface area contributed by atoms with Crippen LogP contribution in [0, 0.1) is 0 Å².